The number of amides is 4. The van der Waals surface area contributed by atoms with Gasteiger partial charge < -0.3 is 29.7 Å². The number of piperazine rings is 1. The van der Waals surface area contributed by atoms with Crippen LogP contribution >= 0.6 is 7.14 Å². The van der Waals surface area contributed by atoms with Gasteiger partial charge in [0.1, 0.15) is 36.1 Å². The highest BCUT2D eigenvalue weighted by Crippen LogP contribution is 2.45. The van der Waals surface area contributed by atoms with Crippen LogP contribution < -0.4 is 35.8 Å². The molecule has 1 atom stereocenters. The summed E-state index contributed by atoms with van der Waals surface area (Å²) in [6.45, 7) is 8.07. The second kappa shape index (κ2) is 19.8. The lowest BCUT2D eigenvalue weighted by molar-refractivity contribution is -0.138. The normalized spacial score (nSPS) is 18.1. The number of hydrogen-bond acceptors (Lipinski definition) is 14. The fourth-order valence-corrected chi connectivity index (χ4v) is 12.1. The van der Waals surface area contributed by atoms with E-state index in [0.717, 1.165) is 72.1 Å². The van der Waals surface area contributed by atoms with Gasteiger partial charge in [-0.05, 0) is 86.5 Å². The molecule has 3 saturated heterocycles. The number of rotatable bonds is 13. The van der Waals surface area contributed by atoms with E-state index in [1.165, 1.54) is 13.2 Å². The summed E-state index contributed by atoms with van der Waals surface area (Å²) >= 11 is 0. The molecule has 17 nitrogen and oxygen atoms in total. The third-order valence-electron chi connectivity index (χ3n) is 14.4. The van der Waals surface area contributed by atoms with Crippen LogP contribution in [0.5, 0.6) is 5.75 Å². The Labute approximate surface area is 423 Å². The number of anilines is 6. The Kier molecular flexibility index (Phi) is 13.4. The number of aryl methyl sites for hydroxylation is 1. The van der Waals surface area contributed by atoms with E-state index in [-0.39, 0.29) is 41.3 Å². The average Bonchev–Trinajstić information content (AvgIpc) is 3.90. The molecule has 0 spiro atoms. The van der Waals surface area contributed by atoms with E-state index in [9.17, 15) is 36.9 Å². The van der Waals surface area contributed by atoms with Crippen molar-refractivity contribution in [1.82, 2.24) is 34.9 Å². The predicted octanol–water partition coefficient (Wildman–Crippen LogP) is 7.76. The Morgan fingerprint density at radius 3 is 2.22 bits per heavy atom. The van der Waals surface area contributed by atoms with Crippen molar-refractivity contribution in [2.45, 2.75) is 44.3 Å². The topological polar surface area (TPSA) is 187 Å². The second-order valence-electron chi connectivity index (χ2n) is 19.6. The number of piperidine rings is 2. The molecule has 0 bridgehead atoms. The van der Waals surface area contributed by atoms with E-state index in [4.69, 9.17) is 4.74 Å². The molecule has 4 aliphatic rings. The molecule has 74 heavy (non-hydrogen) atoms. The number of aromatic nitrogens is 4. The number of halogens is 4. The molecule has 386 valence electrons. The molecule has 0 radical (unpaired) electrons. The van der Waals surface area contributed by atoms with Crippen LogP contribution in [0.2, 0.25) is 0 Å². The molecule has 22 heteroatoms. The van der Waals surface area contributed by atoms with Crippen LogP contribution in [-0.4, -0.2) is 125 Å². The van der Waals surface area contributed by atoms with Crippen molar-refractivity contribution >= 4 is 81.4 Å². The van der Waals surface area contributed by atoms with Gasteiger partial charge in [0.25, 0.3) is 11.8 Å². The first-order valence-corrected chi connectivity index (χ1v) is 27.0. The molecule has 6 heterocycles. The molecule has 1 unspecified atom stereocenters. The minimum Gasteiger partial charge on any atom is -0.494 e. The minimum absolute atomic E-state index is 0.00829. The quantitative estimate of drug-likeness (QED) is 0.0579. The number of carbonyl (C=O) groups excluding carboxylic acids is 4. The largest absolute Gasteiger partial charge is 0.494 e. The number of nitrogens with one attached hydrogen (secondary N) is 3. The van der Waals surface area contributed by atoms with E-state index in [1.807, 2.05) is 42.4 Å². The summed E-state index contributed by atoms with van der Waals surface area (Å²) in [6.07, 6.45) is 2.08. The summed E-state index contributed by atoms with van der Waals surface area (Å²) in [5.74, 6) is -3.09. The zero-order valence-electron chi connectivity index (χ0n) is 41.1. The fraction of sp³-hybridized carbons (Fsp3) is 0.365. The van der Waals surface area contributed by atoms with Gasteiger partial charge in [0.05, 0.1) is 41.5 Å². The molecule has 0 saturated carbocycles. The average molecular weight is 1040 g/mol. The number of ether oxygens (including phenoxy) is 1. The highest BCUT2D eigenvalue weighted by Gasteiger charge is 2.45. The molecule has 10 rings (SSSR count). The van der Waals surface area contributed by atoms with Crippen molar-refractivity contribution in [2.24, 2.45) is 13.0 Å². The van der Waals surface area contributed by atoms with Crippen molar-refractivity contribution < 1.29 is 46.0 Å². The van der Waals surface area contributed by atoms with Crippen molar-refractivity contribution in [3.05, 3.63) is 102 Å². The zero-order valence-corrected chi connectivity index (χ0v) is 42.0. The van der Waals surface area contributed by atoms with Gasteiger partial charge in [-0.15, -0.1) is 0 Å². The van der Waals surface area contributed by atoms with Gasteiger partial charge in [-0.2, -0.15) is 23.3 Å². The lowest BCUT2D eigenvalue weighted by Crippen LogP contribution is -2.54. The maximum absolute atomic E-state index is 15.6. The van der Waals surface area contributed by atoms with Crippen LogP contribution in [0.15, 0.2) is 79.3 Å². The Morgan fingerprint density at radius 2 is 1.54 bits per heavy atom. The SMILES string of the molecule is COc1cc(N2CCN(CCC3CCN(c4cc5c(cc4F)C(=O)N(C4CCC(=O)NC4=O)C5=O)CC3)CC2)c(-c2cnn(C)c2)cc1Nc1ncc(C(F)(F)F)c(Nc2ccc3ccccc3c2P(C)(C)=O)n1. The number of benzene rings is 4. The predicted molar refractivity (Wildman–Crippen MR) is 273 cm³/mol. The van der Waals surface area contributed by atoms with E-state index < -0.39 is 60.2 Å². The molecular weight excluding hydrogens is 982 g/mol. The van der Waals surface area contributed by atoms with Crippen molar-refractivity contribution in [1.29, 1.82) is 0 Å². The Hall–Kier alpha value is -7.38. The molecule has 6 aromatic rings. The number of alkyl halides is 3. The highest BCUT2D eigenvalue weighted by atomic mass is 31.2. The molecular formula is C52H54F4N11O6P. The Bertz CT molecular complexity index is 3270. The van der Waals surface area contributed by atoms with Crippen LogP contribution in [-0.2, 0) is 27.4 Å². The van der Waals surface area contributed by atoms with Gasteiger partial charge in [0.2, 0.25) is 17.8 Å². The maximum Gasteiger partial charge on any atom is 0.421 e. The van der Waals surface area contributed by atoms with Crippen molar-refractivity contribution in [3.63, 3.8) is 0 Å². The van der Waals surface area contributed by atoms with E-state index >= 15 is 4.39 Å². The first-order valence-electron chi connectivity index (χ1n) is 24.4. The van der Waals surface area contributed by atoms with Crippen molar-refractivity contribution in [3.8, 4) is 16.9 Å². The summed E-state index contributed by atoms with van der Waals surface area (Å²) in [5.41, 5.74) is 2.23. The maximum atomic E-state index is 15.6. The van der Waals surface area contributed by atoms with Crippen LogP contribution in [0.4, 0.5) is 52.1 Å². The van der Waals surface area contributed by atoms with E-state index in [2.05, 4.69) is 40.8 Å². The first kappa shape index (κ1) is 50.2. The highest BCUT2D eigenvalue weighted by molar-refractivity contribution is 7.71. The second-order valence-corrected chi connectivity index (χ2v) is 22.7. The number of methoxy groups -OCH3 is 1. The van der Waals surface area contributed by atoms with Gasteiger partial charge >= 0.3 is 6.18 Å². The zero-order chi connectivity index (χ0) is 52.2. The lowest BCUT2D eigenvalue weighted by atomic mass is 9.92. The lowest BCUT2D eigenvalue weighted by Gasteiger charge is -2.39. The van der Waals surface area contributed by atoms with Crippen LogP contribution in [0.1, 0.15) is 58.4 Å². The molecule has 3 fully saturated rings. The van der Waals surface area contributed by atoms with E-state index in [1.54, 1.807) is 48.5 Å². The molecule has 4 aromatic carbocycles. The number of nitrogens with zero attached hydrogens (tertiary/aromatic N) is 8. The van der Waals surface area contributed by atoms with Gasteiger partial charge in [-0.1, -0.05) is 30.3 Å². The van der Waals surface area contributed by atoms with Crippen LogP contribution in [0.3, 0.4) is 0 Å². The monoisotopic (exact) mass is 1040 g/mol. The van der Waals surface area contributed by atoms with Crippen molar-refractivity contribution in [2.75, 3.05) is 86.7 Å². The van der Waals surface area contributed by atoms with Gasteiger partial charge in [-0.25, -0.2) is 9.37 Å². The number of fused-ring (bicyclic) bond motifs is 2. The van der Waals surface area contributed by atoms with Gasteiger partial charge in [-0.3, -0.25) is 39.0 Å². The first-order chi connectivity index (χ1) is 35.3. The van der Waals surface area contributed by atoms with E-state index in [0.29, 0.717) is 60.4 Å². The van der Waals surface area contributed by atoms with Crippen LogP contribution in [0, 0.1) is 11.7 Å². The molecule has 0 aliphatic carbocycles. The minimum atomic E-state index is -4.81. The Morgan fingerprint density at radius 1 is 0.824 bits per heavy atom. The molecule has 3 N–H and O–H groups in total. The number of imide groups is 2. The summed E-state index contributed by atoms with van der Waals surface area (Å²) in [5, 5.41) is 14.4. The standard InChI is InChI=1S/C52H54F4N11O6P/c1-63-29-32(27-58-63)34-24-40(60-51-57-28-37(52(54,55)56)47(62-51)59-39-10-9-31-7-5-6-8-33(31)46(39)74(3,4)72)44(73-2)26-42(34)66-21-19-64(20-22-66)16-13-30-14-17-65(18-15-30)43-25-36-35(23-38(43)53)49(70)67(50(36)71)41-11-12-45(68)61-48(41)69/h5-10,23-30,41H,11-22H2,1-4H3,(H,61,68,69)(H2,57,59,60,62). The number of carbonyl (C=O) groups is 4. The van der Waals surface area contributed by atoms with Crippen LogP contribution in [0.25, 0.3) is 21.9 Å². The third-order valence-corrected chi connectivity index (χ3v) is 16.0. The summed E-state index contributed by atoms with van der Waals surface area (Å²) in [6, 6.07) is 15.8. The Balaban J connectivity index is 0.805. The smallest absolute Gasteiger partial charge is 0.421 e. The molecule has 4 aliphatic heterocycles. The van der Waals surface area contributed by atoms with Gasteiger partial charge in [0.15, 0.2) is 0 Å². The molecule has 2 aromatic heterocycles. The number of hydrogen-bond donors (Lipinski definition) is 3. The van der Waals surface area contributed by atoms with Gasteiger partial charge in [0, 0.05) is 93.3 Å². The summed E-state index contributed by atoms with van der Waals surface area (Å²) < 4.78 is 80.5. The third kappa shape index (κ3) is 9.89. The fourth-order valence-electron chi connectivity index (χ4n) is 10.6. The summed E-state index contributed by atoms with van der Waals surface area (Å²) in [7, 11) is 0.293. The summed E-state index contributed by atoms with van der Waals surface area (Å²) in [4.78, 5) is 66.7. The molecule has 4 amide bonds.